The molecule has 0 bridgehead atoms. The number of aromatic nitrogens is 8. The number of hydrogen-bond donors (Lipinski definition) is 0. The molecule has 0 aliphatic heterocycles. The van der Waals surface area contributed by atoms with Crippen molar-refractivity contribution in [2.24, 2.45) is 0 Å². The molecule has 0 spiro atoms. The molecule has 0 radical (unpaired) electrons. The van der Waals surface area contributed by atoms with E-state index in [1.165, 1.54) is 0 Å². The molecule has 0 aliphatic rings. The normalized spacial score (nSPS) is 10.2. The topological polar surface area (TPSA) is 69.2 Å². The molecular weight excluding hydrogens is 710 g/mol. The Kier molecular flexibility index (Phi) is 12.6. The van der Waals surface area contributed by atoms with Gasteiger partial charge in [-0.05, 0) is 128 Å². The first-order chi connectivity index (χ1) is 22.8. The van der Waals surface area contributed by atoms with Crippen molar-refractivity contribution in [1.29, 1.82) is 0 Å². The van der Waals surface area contributed by atoms with Crippen LogP contribution in [-0.4, -0.2) is 30.0 Å². The number of nitrogens with zero attached hydrogens (tertiary/aromatic N) is 8. The van der Waals surface area contributed by atoms with E-state index in [0.717, 1.165) is 45.0 Å². The van der Waals surface area contributed by atoms with Crippen molar-refractivity contribution in [2.75, 3.05) is 0 Å². The van der Waals surface area contributed by atoms with E-state index in [9.17, 15) is 0 Å². The lowest BCUT2D eigenvalue weighted by atomic mass is 10.1. The second-order valence-electron chi connectivity index (χ2n) is 10.7. The van der Waals surface area contributed by atoms with Crippen LogP contribution in [0.2, 0.25) is 0 Å². The van der Waals surface area contributed by atoms with Crippen LogP contribution in [0.1, 0.15) is 0 Å². The number of halogens is 4. The van der Waals surface area contributed by atoms with Gasteiger partial charge in [-0.1, -0.05) is 72.8 Å². The largest absolute Gasteiger partial charge is 1.00 e. The molecule has 12 heteroatoms. The molecule has 0 fully saturated rings. The Labute approximate surface area is 314 Å². The van der Waals surface area contributed by atoms with Crippen LogP contribution < -0.4 is 34.4 Å². The third-order valence-corrected chi connectivity index (χ3v) is 7.68. The van der Waals surface area contributed by atoms with Crippen molar-refractivity contribution < 1.29 is 34.4 Å². The highest BCUT2D eigenvalue weighted by Gasteiger charge is 2.25. The van der Waals surface area contributed by atoms with Gasteiger partial charge in [0.15, 0.2) is 11.4 Å². The van der Waals surface area contributed by atoms with Crippen LogP contribution >= 0.6 is 24.8 Å². The third kappa shape index (κ3) is 7.59. The highest BCUT2D eigenvalue weighted by molar-refractivity contribution is 5.85. The molecule has 0 unspecified atom stereocenters. The number of benzene rings is 6. The van der Waals surface area contributed by atoms with E-state index < -0.39 is 0 Å². The van der Waals surface area contributed by atoms with E-state index in [-0.39, 0.29) is 49.6 Å². The van der Waals surface area contributed by atoms with Crippen molar-refractivity contribution in [3.63, 3.8) is 0 Å². The summed E-state index contributed by atoms with van der Waals surface area (Å²) in [6.07, 6.45) is 0. The Morgan fingerprint density at radius 3 is 0.960 bits per heavy atom. The van der Waals surface area contributed by atoms with Crippen molar-refractivity contribution in [1.82, 2.24) is 30.0 Å². The Morgan fingerprint density at radius 2 is 0.640 bits per heavy atom. The highest BCUT2D eigenvalue weighted by atomic mass is 35.5. The fourth-order valence-electron chi connectivity index (χ4n) is 5.34. The molecule has 250 valence electrons. The van der Waals surface area contributed by atoms with E-state index in [4.69, 9.17) is 20.4 Å². The molecule has 2 heterocycles. The molecule has 0 aliphatic carbocycles. The summed E-state index contributed by atoms with van der Waals surface area (Å²) < 4.78 is 0. The van der Waals surface area contributed by atoms with Gasteiger partial charge in [0.1, 0.15) is 11.4 Å². The van der Waals surface area contributed by atoms with E-state index in [1.807, 2.05) is 141 Å². The summed E-state index contributed by atoms with van der Waals surface area (Å²) in [5.74, 6) is 1.31. The van der Waals surface area contributed by atoms with Crippen molar-refractivity contribution in [3.05, 3.63) is 170 Å². The molecule has 2 aromatic heterocycles. The van der Waals surface area contributed by atoms with Gasteiger partial charge in [0.25, 0.3) is 0 Å². The molecule has 50 heavy (non-hydrogen) atoms. The molecule has 6 aromatic carbocycles. The first-order valence-electron chi connectivity index (χ1n) is 15.0. The summed E-state index contributed by atoms with van der Waals surface area (Å²) in [4.78, 5) is 7.33. The number of tetrazole rings is 2. The van der Waals surface area contributed by atoms with Crippen molar-refractivity contribution >= 4 is 24.8 Å². The molecule has 0 saturated carbocycles. The lowest BCUT2D eigenvalue weighted by Gasteiger charge is -2.04. The lowest BCUT2D eigenvalue weighted by molar-refractivity contribution is -0.734. The minimum atomic E-state index is 0. The zero-order chi connectivity index (χ0) is 30.7. The van der Waals surface area contributed by atoms with E-state index in [2.05, 4.69) is 48.5 Å². The maximum Gasteiger partial charge on any atom is 0.340 e. The number of hydrogen-bond acceptors (Lipinski definition) is 4. The van der Waals surface area contributed by atoms with Crippen LogP contribution in [0.4, 0.5) is 0 Å². The molecule has 8 aromatic rings. The molecule has 0 N–H and O–H groups in total. The Hall–Kier alpha value is -5.38. The average Bonchev–Trinajstić information content (AvgIpc) is 3.80. The summed E-state index contributed by atoms with van der Waals surface area (Å²) in [5.41, 5.74) is 7.74. The van der Waals surface area contributed by atoms with Crippen molar-refractivity contribution in [2.45, 2.75) is 0 Å². The van der Waals surface area contributed by atoms with Gasteiger partial charge in [-0.3, -0.25) is 0 Å². The van der Waals surface area contributed by atoms with Crippen LogP contribution in [0.25, 0.3) is 56.7 Å². The summed E-state index contributed by atoms with van der Waals surface area (Å²) in [6.45, 7) is 0. The summed E-state index contributed by atoms with van der Waals surface area (Å²) >= 11 is 0. The minimum absolute atomic E-state index is 0. The molecule has 0 amide bonds. The van der Waals surface area contributed by atoms with Gasteiger partial charge < -0.3 is 24.8 Å². The van der Waals surface area contributed by atoms with E-state index in [0.29, 0.717) is 11.6 Å². The zero-order valence-electron chi connectivity index (χ0n) is 26.3. The Morgan fingerprint density at radius 1 is 0.340 bits per heavy atom. The fraction of sp³-hybridized carbons (Fsp3) is 0. The lowest BCUT2D eigenvalue weighted by Crippen LogP contribution is -3.00. The predicted molar refractivity (Wildman–Crippen MR) is 190 cm³/mol. The fourth-order valence-corrected chi connectivity index (χ4v) is 5.34. The average molecular weight is 741 g/mol. The van der Waals surface area contributed by atoms with Gasteiger partial charge in [0, 0.05) is 9.59 Å². The first kappa shape index (κ1) is 37.4. The van der Waals surface area contributed by atoms with Crippen LogP contribution in [-0.2, 0) is 0 Å². The zero-order valence-corrected chi connectivity index (χ0v) is 29.5. The predicted octanol–water partition coefficient (Wildman–Crippen LogP) is 1.25. The highest BCUT2D eigenvalue weighted by Crippen LogP contribution is 2.22. The standard InChI is InChI=1S/C38H28N8.4ClH/c1-5-13-31(14-6-1)37-39-43(33-17-9-3-10-18-33)45(41-37)35-25-21-29(22-26-35)30-23-27-36(28-24-30)46-42-38(32-15-7-2-8-16-32)40-44(46)34-19-11-4-12-20-34;;;;/h1-28H;4*1H/q+2;;;;/p-2. The SMILES string of the molecule is Cl.Cl.[Cl-].[Cl-].c1ccc(-c2nn(-c3ccccc3)[n+](-c3ccc(-c4ccc(-[n+]5nc(-c6ccccc6)nn5-c5ccccc5)cc4)cc3)n2)cc1. The number of rotatable bonds is 7. The van der Waals surface area contributed by atoms with Gasteiger partial charge in [-0.15, -0.1) is 24.8 Å². The van der Waals surface area contributed by atoms with Crippen LogP contribution in [0.3, 0.4) is 0 Å². The van der Waals surface area contributed by atoms with Gasteiger partial charge in [0.05, 0.1) is 21.3 Å². The molecule has 8 rings (SSSR count). The summed E-state index contributed by atoms with van der Waals surface area (Å²) in [5, 5.41) is 19.5. The maximum atomic E-state index is 4.88. The molecule has 0 saturated heterocycles. The van der Waals surface area contributed by atoms with Gasteiger partial charge in [0.2, 0.25) is 0 Å². The van der Waals surface area contributed by atoms with Crippen LogP contribution in [0, 0.1) is 0 Å². The Balaban J connectivity index is 0.00000140. The molecule has 8 nitrogen and oxygen atoms in total. The molecular formula is C38H30Cl4N8. The van der Waals surface area contributed by atoms with Crippen LogP contribution in [0.5, 0.6) is 0 Å². The van der Waals surface area contributed by atoms with Crippen molar-refractivity contribution in [3.8, 4) is 56.7 Å². The minimum Gasteiger partial charge on any atom is -1.00 e. The van der Waals surface area contributed by atoms with Gasteiger partial charge >= 0.3 is 11.6 Å². The molecule has 0 atom stereocenters. The van der Waals surface area contributed by atoms with Crippen LogP contribution in [0.15, 0.2) is 170 Å². The summed E-state index contributed by atoms with van der Waals surface area (Å²) in [6, 6.07) is 56.8. The van der Waals surface area contributed by atoms with Gasteiger partial charge in [-0.25, -0.2) is 0 Å². The van der Waals surface area contributed by atoms with E-state index in [1.54, 1.807) is 0 Å². The quantitative estimate of drug-likeness (QED) is 0.231. The summed E-state index contributed by atoms with van der Waals surface area (Å²) in [7, 11) is 0. The second-order valence-corrected chi connectivity index (χ2v) is 10.7. The van der Waals surface area contributed by atoms with E-state index >= 15 is 0 Å². The third-order valence-electron chi connectivity index (χ3n) is 7.68. The first-order valence-corrected chi connectivity index (χ1v) is 15.0. The smallest absolute Gasteiger partial charge is 0.340 e. The maximum absolute atomic E-state index is 4.88. The monoisotopic (exact) mass is 738 g/mol. The van der Waals surface area contributed by atoms with Gasteiger partial charge in [-0.2, -0.15) is 0 Å². The second kappa shape index (κ2) is 16.8. The Bertz CT molecular complexity index is 2070. The number of para-hydroxylation sites is 2.